The molecule has 1 aliphatic rings. The summed E-state index contributed by atoms with van der Waals surface area (Å²) in [5.41, 5.74) is 1.52. The Bertz CT molecular complexity index is 426. The van der Waals surface area contributed by atoms with Crippen molar-refractivity contribution in [3.63, 3.8) is 0 Å². The molecule has 2 rings (SSSR count). The molecule has 1 aliphatic carbocycles. The van der Waals surface area contributed by atoms with E-state index in [0.717, 1.165) is 18.4 Å². The van der Waals surface area contributed by atoms with E-state index in [0.29, 0.717) is 11.7 Å². The highest BCUT2D eigenvalue weighted by molar-refractivity contribution is 5.89. The van der Waals surface area contributed by atoms with Gasteiger partial charge >= 0.3 is 6.03 Å². The van der Waals surface area contributed by atoms with Crippen molar-refractivity contribution in [2.24, 2.45) is 0 Å². The van der Waals surface area contributed by atoms with Crippen LogP contribution in [0.3, 0.4) is 0 Å². The first kappa shape index (κ1) is 13.9. The number of aliphatic hydroxyl groups is 1. The molecule has 0 aromatic heterocycles. The van der Waals surface area contributed by atoms with Crippen LogP contribution in [0.2, 0.25) is 0 Å². The molecule has 1 aromatic rings. The number of carbonyl (C=O) groups excluding carboxylic acids is 1. The number of urea groups is 1. The molecule has 4 nitrogen and oxygen atoms in total. The molecule has 0 spiro atoms. The van der Waals surface area contributed by atoms with Crippen molar-refractivity contribution < 1.29 is 9.90 Å². The Balaban J connectivity index is 1.89. The van der Waals surface area contributed by atoms with Crippen LogP contribution >= 0.6 is 0 Å². The minimum atomic E-state index is -0.525. The highest BCUT2D eigenvalue weighted by atomic mass is 16.3. The third kappa shape index (κ3) is 4.24. The van der Waals surface area contributed by atoms with Crippen molar-refractivity contribution in [3.05, 3.63) is 29.8 Å². The zero-order valence-electron chi connectivity index (χ0n) is 11.4. The van der Waals surface area contributed by atoms with Gasteiger partial charge in [0.2, 0.25) is 0 Å². The van der Waals surface area contributed by atoms with Crippen molar-refractivity contribution in [2.75, 3.05) is 5.32 Å². The molecule has 1 unspecified atom stereocenters. The summed E-state index contributed by atoms with van der Waals surface area (Å²) >= 11 is 0. The summed E-state index contributed by atoms with van der Waals surface area (Å²) < 4.78 is 0. The Kier molecular flexibility index (Phi) is 4.80. The number of hydrogen-bond acceptors (Lipinski definition) is 2. The van der Waals surface area contributed by atoms with Crippen LogP contribution in [0.4, 0.5) is 10.5 Å². The predicted molar refractivity (Wildman–Crippen MR) is 76.1 cm³/mol. The van der Waals surface area contributed by atoms with Crippen molar-refractivity contribution in [3.8, 4) is 0 Å². The van der Waals surface area contributed by atoms with Crippen LogP contribution in [-0.4, -0.2) is 17.2 Å². The second-order valence-corrected chi connectivity index (χ2v) is 5.23. The maximum Gasteiger partial charge on any atom is 0.319 e. The number of aliphatic hydroxyl groups excluding tert-OH is 1. The monoisotopic (exact) mass is 262 g/mol. The number of rotatable bonds is 3. The summed E-state index contributed by atoms with van der Waals surface area (Å²) in [5, 5.41) is 15.3. The van der Waals surface area contributed by atoms with Gasteiger partial charge in [-0.3, -0.25) is 0 Å². The molecular formula is C15H22N2O2. The third-order valence-electron chi connectivity index (χ3n) is 3.57. The van der Waals surface area contributed by atoms with Crippen LogP contribution in [0.25, 0.3) is 0 Å². The van der Waals surface area contributed by atoms with E-state index in [1.54, 1.807) is 13.0 Å². The van der Waals surface area contributed by atoms with Gasteiger partial charge in [-0.1, -0.05) is 31.4 Å². The van der Waals surface area contributed by atoms with Gasteiger partial charge < -0.3 is 15.7 Å². The van der Waals surface area contributed by atoms with Crippen LogP contribution in [0.1, 0.15) is 50.7 Å². The van der Waals surface area contributed by atoms with Crippen LogP contribution in [-0.2, 0) is 0 Å². The quantitative estimate of drug-likeness (QED) is 0.783. The standard InChI is InChI=1S/C15H22N2O2/c1-11(18)12-6-5-9-14(10-12)17-15(19)16-13-7-3-2-4-8-13/h5-6,9-11,13,18H,2-4,7-8H2,1H3,(H2,16,17,19). The van der Waals surface area contributed by atoms with Gasteiger partial charge in [0.15, 0.2) is 0 Å². The fourth-order valence-corrected chi connectivity index (χ4v) is 2.48. The molecule has 19 heavy (non-hydrogen) atoms. The van der Waals surface area contributed by atoms with Crippen molar-refractivity contribution in [1.82, 2.24) is 5.32 Å². The van der Waals surface area contributed by atoms with E-state index < -0.39 is 6.10 Å². The zero-order chi connectivity index (χ0) is 13.7. The average molecular weight is 262 g/mol. The first-order valence-corrected chi connectivity index (χ1v) is 7.00. The predicted octanol–water partition coefficient (Wildman–Crippen LogP) is 3.19. The fraction of sp³-hybridized carbons (Fsp3) is 0.533. The van der Waals surface area contributed by atoms with Gasteiger partial charge in [-0.25, -0.2) is 4.79 Å². The second kappa shape index (κ2) is 6.57. The van der Waals surface area contributed by atoms with Gasteiger partial charge in [0.25, 0.3) is 0 Å². The lowest BCUT2D eigenvalue weighted by Crippen LogP contribution is -2.39. The summed E-state index contributed by atoms with van der Waals surface area (Å²) in [5.74, 6) is 0. The minimum absolute atomic E-state index is 0.158. The molecule has 3 N–H and O–H groups in total. The van der Waals surface area contributed by atoms with Gasteiger partial charge in [-0.2, -0.15) is 0 Å². The Morgan fingerprint density at radius 2 is 2.05 bits per heavy atom. The molecular weight excluding hydrogens is 240 g/mol. The average Bonchev–Trinajstić information content (AvgIpc) is 2.40. The smallest absolute Gasteiger partial charge is 0.319 e. The summed E-state index contributed by atoms with van der Waals surface area (Å²) in [6.45, 7) is 1.71. The van der Waals surface area contributed by atoms with Gasteiger partial charge in [0, 0.05) is 11.7 Å². The maximum atomic E-state index is 11.9. The zero-order valence-corrected chi connectivity index (χ0v) is 11.4. The molecule has 0 heterocycles. The molecule has 0 bridgehead atoms. The first-order chi connectivity index (χ1) is 9.15. The molecule has 1 aromatic carbocycles. The maximum absolute atomic E-state index is 11.9. The molecule has 0 radical (unpaired) electrons. The highest BCUT2D eigenvalue weighted by Gasteiger charge is 2.15. The number of benzene rings is 1. The molecule has 2 amide bonds. The summed E-state index contributed by atoms with van der Waals surface area (Å²) in [6.07, 6.45) is 5.28. The molecule has 104 valence electrons. The highest BCUT2D eigenvalue weighted by Crippen LogP contribution is 2.19. The number of amides is 2. The Morgan fingerprint density at radius 1 is 1.32 bits per heavy atom. The van der Waals surface area contributed by atoms with Crippen molar-refractivity contribution in [1.29, 1.82) is 0 Å². The van der Waals surface area contributed by atoms with E-state index in [2.05, 4.69) is 10.6 Å². The SMILES string of the molecule is CC(O)c1cccc(NC(=O)NC2CCCCC2)c1. The minimum Gasteiger partial charge on any atom is -0.389 e. The second-order valence-electron chi connectivity index (χ2n) is 5.23. The third-order valence-corrected chi connectivity index (χ3v) is 3.57. The summed E-state index contributed by atoms with van der Waals surface area (Å²) in [4.78, 5) is 11.9. The number of anilines is 1. The topological polar surface area (TPSA) is 61.4 Å². The number of hydrogen-bond donors (Lipinski definition) is 3. The Hall–Kier alpha value is -1.55. The van der Waals surface area contributed by atoms with E-state index in [4.69, 9.17) is 0 Å². The van der Waals surface area contributed by atoms with E-state index in [1.807, 2.05) is 18.2 Å². The Morgan fingerprint density at radius 3 is 2.74 bits per heavy atom. The number of carbonyl (C=O) groups is 1. The molecule has 1 fully saturated rings. The first-order valence-electron chi connectivity index (χ1n) is 7.00. The summed E-state index contributed by atoms with van der Waals surface area (Å²) in [6, 6.07) is 7.44. The van der Waals surface area contributed by atoms with Crippen LogP contribution in [0.5, 0.6) is 0 Å². The molecule has 0 saturated heterocycles. The van der Waals surface area contributed by atoms with E-state index in [1.165, 1.54) is 19.3 Å². The van der Waals surface area contributed by atoms with Crippen LogP contribution in [0.15, 0.2) is 24.3 Å². The lowest BCUT2D eigenvalue weighted by Gasteiger charge is -2.23. The lowest BCUT2D eigenvalue weighted by molar-refractivity contribution is 0.199. The van der Waals surface area contributed by atoms with Crippen molar-refractivity contribution in [2.45, 2.75) is 51.2 Å². The summed E-state index contributed by atoms with van der Waals surface area (Å²) in [7, 11) is 0. The van der Waals surface area contributed by atoms with E-state index >= 15 is 0 Å². The van der Waals surface area contributed by atoms with E-state index in [9.17, 15) is 9.90 Å². The Labute approximate surface area is 114 Å². The normalized spacial score (nSPS) is 17.8. The van der Waals surface area contributed by atoms with Gasteiger partial charge in [0.05, 0.1) is 6.10 Å². The largest absolute Gasteiger partial charge is 0.389 e. The van der Waals surface area contributed by atoms with Crippen LogP contribution < -0.4 is 10.6 Å². The van der Waals surface area contributed by atoms with Crippen LogP contribution in [0, 0.1) is 0 Å². The van der Waals surface area contributed by atoms with Gasteiger partial charge in [-0.05, 0) is 37.5 Å². The molecule has 1 saturated carbocycles. The van der Waals surface area contributed by atoms with E-state index in [-0.39, 0.29) is 6.03 Å². The van der Waals surface area contributed by atoms with Gasteiger partial charge in [0.1, 0.15) is 0 Å². The fourth-order valence-electron chi connectivity index (χ4n) is 2.48. The van der Waals surface area contributed by atoms with Gasteiger partial charge in [-0.15, -0.1) is 0 Å². The molecule has 0 aliphatic heterocycles. The molecule has 4 heteroatoms. The molecule has 1 atom stereocenters. The van der Waals surface area contributed by atoms with Crippen molar-refractivity contribution >= 4 is 11.7 Å². The lowest BCUT2D eigenvalue weighted by atomic mass is 9.96. The number of nitrogens with one attached hydrogen (secondary N) is 2.